The molecule has 3 N–H and O–H groups in total. The molecule has 0 saturated heterocycles. The number of aryl methyl sites for hydroxylation is 2. The molecule has 0 aliphatic carbocycles. The van der Waals surface area contributed by atoms with Crippen LogP contribution < -0.4 is 11.3 Å². The average Bonchev–Trinajstić information content (AvgIpc) is 2.81. The molecule has 2 aromatic rings. The van der Waals surface area contributed by atoms with Crippen molar-refractivity contribution in [1.29, 1.82) is 0 Å². The maximum atomic E-state index is 6.41. The fourth-order valence-corrected chi connectivity index (χ4v) is 2.52. The number of nitrogens with one attached hydrogen (secondary N) is 1. The van der Waals surface area contributed by atoms with Crippen LogP contribution in [0.15, 0.2) is 18.7 Å². The van der Waals surface area contributed by atoms with Crippen molar-refractivity contribution in [3.8, 4) is 0 Å². The summed E-state index contributed by atoms with van der Waals surface area (Å²) in [6, 6.07) is -0.0968. The Kier molecular flexibility index (Phi) is 5.05. The van der Waals surface area contributed by atoms with Crippen LogP contribution in [0.3, 0.4) is 0 Å². The van der Waals surface area contributed by atoms with Crippen molar-refractivity contribution >= 4 is 11.6 Å². The Bertz CT molecular complexity index is 553. The van der Waals surface area contributed by atoms with Gasteiger partial charge in [0.05, 0.1) is 22.5 Å². The second-order valence-electron chi connectivity index (χ2n) is 4.47. The third-order valence-corrected chi connectivity index (χ3v) is 3.71. The summed E-state index contributed by atoms with van der Waals surface area (Å²) in [4.78, 5) is 8.04. The lowest BCUT2D eigenvalue weighted by Gasteiger charge is -2.16. The van der Waals surface area contributed by atoms with Crippen LogP contribution in [0.25, 0.3) is 0 Å². The SMILES string of the molecule is CCc1nn(CC)c(CC(NN)c2cncnc2)c1Cl. The Morgan fingerprint density at radius 2 is 2.05 bits per heavy atom. The quantitative estimate of drug-likeness (QED) is 0.625. The summed E-state index contributed by atoms with van der Waals surface area (Å²) >= 11 is 6.41. The van der Waals surface area contributed by atoms with Crippen LogP contribution in [0.5, 0.6) is 0 Å². The van der Waals surface area contributed by atoms with Crippen molar-refractivity contribution in [3.05, 3.63) is 40.7 Å². The van der Waals surface area contributed by atoms with Gasteiger partial charge < -0.3 is 0 Å². The van der Waals surface area contributed by atoms with E-state index in [4.69, 9.17) is 17.4 Å². The highest BCUT2D eigenvalue weighted by molar-refractivity contribution is 6.31. The molecule has 1 unspecified atom stereocenters. The van der Waals surface area contributed by atoms with E-state index in [9.17, 15) is 0 Å². The minimum atomic E-state index is -0.0968. The van der Waals surface area contributed by atoms with Gasteiger partial charge in [-0.1, -0.05) is 18.5 Å². The molecule has 0 aliphatic rings. The van der Waals surface area contributed by atoms with E-state index in [0.29, 0.717) is 6.42 Å². The highest BCUT2D eigenvalue weighted by Crippen LogP contribution is 2.26. The summed E-state index contributed by atoms with van der Waals surface area (Å²) < 4.78 is 1.93. The van der Waals surface area contributed by atoms with E-state index < -0.39 is 0 Å². The molecule has 2 heterocycles. The topological polar surface area (TPSA) is 81.7 Å². The molecule has 2 rings (SSSR count). The standard InChI is InChI=1S/C13H19ClN6/c1-3-10-13(14)12(20(4-2)19-10)5-11(18-15)9-6-16-8-17-7-9/h6-8,11,18H,3-5,15H2,1-2H3. The second-order valence-corrected chi connectivity index (χ2v) is 4.85. The zero-order chi connectivity index (χ0) is 14.5. The van der Waals surface area contributed by atoms with E-state index in [0.717, 1.165) is 34.9 Å². The van der Waals surface area contributed by atoms with Crippen LogP contribution in [0, 0.1) is 0 Å². The number of nitrogens with two attached hydrogens (primary N) is 1. The van der Waals surface area contributed by atoms with Gasteiger partial charge in [0.25, 0.3) is 0 Å². The summed E-state index contributed by atoms with van der Waals surface area (Å²) in [5, 5.41) is 5.24. The number of halogens is 1. The molecule has 0 saturated carbocycles. The van der Waals surface area contributed by atoms with Crippen LogP contribution in [0.4, 0.5) is 0 Å². The van der Waals surface area contributed by atoms with Gasteiger partial charge in [0.15, 0.2) is 0 Å². The molecule has 1 atom stereocenters. The predicted octanol–water partition coefficient (Wildman–Crippen LogP) is 1.66. The minimum absolute atomic E-state index is 0.0968. The molecule has 0 amide bonds. The fourth-order valence-electron chi connectivity index (χ4n) is 2.17. The Hall–Kier alpha value is -1.50. The van der Waals surface area contributed by atoms with Crippen LogP contribution >= 0.6 is 11.6 Å². The predicted molar refractivity (Wildman–Crippen MR) is 78.1 cm³/mol. The van der Waals surface area contributed by atoms with Crippen molar-refractivity contribution in [2.75, 3.05) is 0 Å². The molecule has 7 heteroatoms. The molecule has 0 radical (unpaired) electrons. The number of hydrogen-bond donors (Lipinski definition) is 2. The maximum absolute atomic E-state index is 6.41. The van der Waals surface area contributed by atoms with Gasteiger partial charge >= 0.3 is 0 Å². The minimum Gasteiger partial charge on any atom is -0.271 e. The molecular formula is C13H19ClN6. The van der Waals surface area contributed by atoms with Crippen molar-refractivity contribution < 1.29 is 0 Å². The molecule has 6 nitrogen and oxygen atoms in total. The summed E-state index contributed by atoms with van der Waals surface area (Å²) in [7, 11) is 0. The van der Waals surface area contributed by atoms with E-state index in [1.165, 1.54) is 6.33 Å². The summed E-state index contributed by atoms with van der Waals surface area (Å²) in [6.45, 7) is 4.86. The molecular weight excluding hydrogens is 276 g/mol. The van der Waals surface area contributed by atoms with E-state index in [-0.39, 0.29) is 6.04 Å². The second kappa shape index (κ2) is 6.78. The molecule has 0 bridgehead atoms. The van der Waals surface area contributed by atoms with Crippen LogP contribution in [0.2, 0.25) is 5.02 Å². The van der Waals surface area contributed by atoms with E-state index in [1.807, 2.05) is 18.5 Å². The number of aromatic nitrogens is 4. The first-order chi connectivity index (χ1) is 9.71. The molecule has 0 fully saturated rings. The largest absolute Gasteiger partial charge is 0.271 e. The van der Waals surface area contributed by atoms with E-state index >= 15 is 0 Å². The first-order valence-electron chi connectivity index (χ1n) is 6.66. The number of hydrazine groups is 1. The van der Waals surface area contributed by atoms with Gasteiger partial charge in [-0.2, -0.15) is 5.10 Å². The van der Waals surface area contributed by atoms with Crippen LogP contribution in [0.1, 0.15) is 36.8 Å². The first kappa shape index (κ1) is 14.9. The smallest absolute Gasteiger partial charge is 0.115 e. The number of nitrogens with zero attached hydrogens (tertiary/aromatic N) is 4. The van der Waals surface area contributed by atoms with E-state index in [1.54, 1.807) is 12.4 Å². The van der Waals surface area contributed by atoms with Crippen molar-refractivity contribution in [2.24, 2.45) is 5.84 Å². The monoisotopic (exact) mass is 294 g/mol. The Morgan fingerprint density at radius 1 is 1.35 bits per heavy atom. The fraction of sp³-hybridized carbons (Fsp3) is 0.462. The summed E-state index contributed by atoms with van der Waals surface area (Å²) in [5.74, 6) is 5.66. The van der Waals surface area contributed by atoms with Crippen LogP contribution in [-0.2, 0) is 19.4 Å². The lowest BCUT2D eigenvalue weighted by atomic mass is 10.1. The normalized spacial score (nSPS) is 12.6. The molecule has 0 aromatic carbocycles. The van der Waals surface area contributed by atoms with Crippen molar-refractivity contribution in [1.82, 2.24) is 25.2 Å². The van der Waals surface area contributed by atoms with Gasteiger partial charge in [-0.15, -0.1) is 0 Å². The van der Waals surface area contributed by atoms with Crippen molar-refractivity contribution in [2.45, 2.75) is 39.3 Å². The van der Waals surface area contributed by atoms with Crippen molar-refractivity contribution in [3.63, 3.8) is 0 Å². The van der Waals surface area contributed by atoms with Gasteiger partial charge in [0, 0.05) is 30.9 Å². The molecule has 0 spiro atoms. The molecule has 108 valence electrons. The van der Waals surface area contributed by atoms with Gasteiger partial charge in [-0.3, -0.25) is 16.0 Å². The third kappa shape index (κ3) is 2.98. The highest BCUT2D eigenvalue weighted by atomic mass is 35.5. The number of hydrogen-bond acceptors (Lipinski definition) is 5. The Balaban J connectivity index is 2.30. The average molecular weight is 295 g/mol. The Morgan fingerprint density at radius 3 is 2.60 bits per heavy atom. The third-order valence-electron chi connectivity index (χ3n) is 3.28. The highest BCUT2D eigenvalue weighted by Gasteiger charge is 2.19. The maximum Gasteiger partial charge on any atom is 0.115 e. The first-order valence-corrected chi connectivity index (χ1v) is 7.04. The van der Waals surface area contributed by atoms with E-state index in [2.05, 4.69) is 20.5 Å². The Labute approximate surface area is 123 Å². The van der Waals surface area contributed by atoms with Crippen LogP contribution in [-0.4, -0.2) is 19.7 Å². The number of rotatable bonds is 6. The lowest BCUT2D eigenvalue weighted by molar-refractivity contribution is 0.514. The zero-order valence-electron chi connectivity index (χ0n) is 11.7. The summed E-state index contributed by atoms with van der Waals surface area (Å²) in [5.41, 5.74) is 5.62. The molecule has 0 aliphatic heterocycles. The zero-order valence-corrected chi connectivity index (χ0v) is 12.4. The van der Waals surface area contributed by atoms with Gasteiger partial charge in [-0.05, 0) is 13.3 Å². The van der Waals surface area contributed by atoms with Gasteiger partial charge in [0.1, 0.15) is 6.33 Å². The molecule has 2 aromatic heterocycles. The van der Waals surface area contributed by atoms with Gasteiger partial charge in [0.2, 0.25) is 0 Å². The summed E-state index contributed by atoms with van der Waals surface area (Å²) in [6.07, 6.45) is 6.45. The molecule has 20 heavy (non-hydrogen) atoms. The lowest BCUT2D eigenvalue weighted by Crippen LogP contribution is -2.30. The van der Waals surface area contributed by atoms with Gasteiger partial charge in [-0.25, -0.2) is 9.97 Å².